The standard InChI is InChI=1S/C13H15BrN2O2.2C9H10BrNO3.C9H10BrNO2.C7H7BrN2O2.C7H6BrNO2.C6H10O/c1-8-7-9(14)12(18)16-10(8)11(17)15-13(16)5-3-2-4-6-13;1-3-14-9(12)8-6(2)4-7(10)5-11(8)13;1-3-14-9(13)7-5(2)4-6(10)8(12)11-7;1-3-13-9(12)8-6(2)4-7(10)5-11-8;1-3-2-4(8)7(12)10-5(3)6(9)11;1-4-2-5(8)3-9-6(4)7(10)11;7-6-4-2-1-3-5-6/h7H,2-6H2,1H3,(H,15,17);4-5H,3H2,1-2H3;4H,3H2,1-2H3,(H,11,12);4-5H,3H2,1-2H3;2H,1H3,(H2,9,11)(H,10,12);2-3H,1H3,(H,10,11);1-5H2. The van der Waals surface area contributed by atoms with E-state index in [0.29, 0.717) is 68.7 Å². The highest BCUT2D eigenvalue weighted by molar-refractivity contribution is 9.11. The number of fused-ring (bicyclic) bond motifs is 2. The molecule has 29 heteroatoms. The summed E-state index contributed by atoms with van der Waals surface area (Å²) in [5.41, 5.74) is 9.40. The maximum absolute atomic E-state index is 12.4. The second kappa shape index (κ2) is 37.0. The van der Waals surface area contributed by atoms with Gasteiger partial charge in [0, 0.05) is 39.7 Å². The number of carbonyl (C=O) groups excluding carboxylic acids is 6. The summed E-state index contributed by atoms with van der Waals surface area (Å²) in [6, 6.07) is 10.1. The molecule has 6 aromatic rings. The van der Waals surface area contributed by atoms with E-state index in [9.17, 15) is 53.2 Å². The predicted molar refractivity (Wildman–Crippen MR) is 353 cm³/mol. The number of hydrogen-bond acceptors (Lipinski definition) is 16. The fraction of sp³-hybridized carbons (Fsp3) is 0.383. The van der Waals surface area contributed by atoms with Gasteiger partial charge in [-0.2, -0.15) is 4.73 Å². The van der Waals surface area contributed by atoms with Crippen LogP contribution in [0.1, 0.15) is 181 Å². The average molecular weight is 1620 g/mol. The lowest BCUT2D eigenvalue weighted by molar-refractivity contribution is -0.609. The zero-order valence-electron chi connectivity index (χ0n) is 50.2. The van der Waals surface area contributed by atoms with E-state index in [2.05, 4.69) is 121 Å². The molecule has 3 aliphatic rings. The van der Waals surface area contributed by atoms with Crippen LogP contribution in [0.4, 0.5) is 0 Å². The molecule has 0 aromatic carbocycles. The van der Waals surface area contributed by atoms with Crippen molar-refractivity contribution in [2.24, 2.45) is 5.73 Å². The Hall–Kier alpha value is -6.53. The highest BCUT2D eigenvalue weighted by Crippen LogP contribution is 2.37. The molecule has 6 aromatic heterocycles. The minimum atomic E-state index is -0.991. The average Bonchev–Trinajstić information content (AvgIpc) is 1.60. The number of nitrogens with two attached hydrogens (primary N) is 1. The van der Waals surface area contributed by atoms with E-state index in [1.165, 1.54) is 25.2 Å². The third-order valence-corrected chi connectivity index (χ3v) is 16.0. The number of H-pyrrole nitrogens is 2. The second-order valence-corrected chi connectivity index (χ2v) is 25.1. The molecule has 0 bridgehead atoms. The third-order valence-electron chi connectivity index (χ3n) is 13.0. The number of ketones is 1. The topological polar surface area (TPSA) is 346 Å². The Morgan fingerprint density at radius 3 is 1.51 bits per heavy atom. The highest BCUT2D eigenvalue weighted by atomic mass is 79.9. The minimum Gasteiger partial charge on any atom is -0.618 e. The van der Waals surface area contributed by atoms with E-state index < -0.39 is 29.5 Å². The molecule has 0 saturated heterocycles. The van der Waals surface area contributed by atoms with Crippen molar-refractivity contribution in [2.45, 2.75) is 132 Å². The number of primary amides is 1. The monoisotopic (exact) mass is 1610 g/mol. The van der Waals surface area contributed by atoms with Crippen LogP contribution in [0, 0.1) is 46.7 Å². The van der Waals surface area contributed by atoms with Gasteiger partial charge in [0.1, 0.15) is 28.5 Å². The lowest BCUT2D eigenvalue weighted by Crippen LogP contribution is -2.48. The summed E-state index contributed by atoms with van der Waals surface area (Å²) in [6.07, 6.45) is 14.5. The fourth-order valence-electron chi connectivity index (χ4n) is 8.85. The Labute approximate surface area is 563 Å². The minimum absolute atomic E-state index is 0.0371. The molecule has 6 N–H and O–H groups in total. The Kier molecular flexibility index (Phi) is 31.9. The van der Waals surface area contributed by atoms with Gasteiger partial charge in [-0.05, 0) is 261 Å². The number of hydrogen-bond donors (Lipinski definition) is 5. The number of aromatic nitrogens is 6. The molecule has 480 valence electrons. The van der Waals surface area contributed by atoms with Crippen LogP contribution < -0.4 is 32.5 Å². The van der Waals surface area contributed by atoms with E-state index in [4.69, 9.17) is 25.1 Å². The number of nitrogens with one attached hydrogen (secondary N) is 3. The molecule has 23 nitrogen and oxygen atoms in total. The molecule has 2 aliphatic carbocycles. The number of rotatable bonds is 8. The second-order valence-electron chi connectivity index (χ2n) is 19.8. The molecule has 0 unspecified atom stereocenters. The van der Waals surface area contributed by atoms with E-state index in [-0.39, 0.29) is 64.5 Å². The number of amides is 2. The number of ether oxygens (including phenoxy) is 3. The Bertz CT molecular complexity index is 3720. The van der Waals surface area contributed by atoms with Gasteiger partial charge in [-0.25, -0.2) is 29.1 Å². The number of Topliss-reactive ketones (excluding diaryl/α,β-unsaturated/α-hetero) is 1. The summed E-state index contributed by atoms with van der Waals surface area (Å²) in [6.45, 7) is 16.6. The van der Waals surface area contributed by atoms with Crippen molar-refractivity contribution in [1.82, 2.24) is 29.8 Å². The normalized spacial score (nSPS) is 13.1. The molecule has 0 atom stereocenters. The molecule has 9 rings (SSSR count). The van der Waals surface area contributed by atoms with Crippen LogP contribution >= 0.6 is 95.6 Å². The molecule has 0 radical (unpaired) electrons. The number of carboxylic acid groups (broad SMARTS) is 1. The molecular formula is C60H68Br6N8O15. The van der Waals surface area contributed by atoms with Gasteiger partial charge in [-0.15, -0.1) is 0 Å². The van der Waals surface area contributed by atoms with Crippen LogP contribution in [-0.4, -0.2) is 90.9 Å². The van der Waals surface area contributed by atoms with Gasteiger partial charge in [-0.3, -0.25) is 33.3 Å². The van der Waals surface area contributed by atoms with Crippen molar-refractivity contribution >= 4 is 137 Å². The summed E-state index contributed by atoms with van der Waals surface area (Å²) in [5.74, 6) is -2.73. The van der Waals surface area contributed by atoms with Crippen LogP contribution in [0.25, 0.3) is 0 Å². The number of nitrogens with zero attached hydrogens (tertiary/aromatic N) is 4. The van der Waals surface area contributed by atoms with Gasteiger partial charge in [0.2, 0.25) is 0 Å². The van der Waals surface area contributed by atoms with E-state index in [1.807, 2.05) is 19.9 Å². The first-order valence-corrected chi connectivity index (χ1v) is 32.3. The lowest BCUT2D eigenvalue weighted by Gasteiger charge is -2.35. The number of carbonyl (C=O) groups is 7. The SMILES string of the molecule is CCOC(=O)c1[nH]c(=O)c(Br)cc1C.CCOC(=O)c1c(C)cc(Br)c[n+]1[O-].CCOC(=O)c1ncc(Br)cc1C.Cc1cc(Br)c(=O)[nH]c1C(N)=O.Cc1cc(Br)c(=O)n2c1C(=O)NC21CCCCC1.Cc1cc(Br)cnc1C(=O)O.O=C1CCCCC1. The van der Waals surface area contributed by atoms with Gasteiger partial charge < -0.3 is 45.5 Å². The van der Waals surface area contributed by atoms with Gasteiger partial charge in [0.15, 0.2) is 17.6 Å². The van der Waals surface area contributed by atoms with Crippen molar-refractivity contribution in [2.75, 3.05) is 19.8 Å². The number of aromatic amines is 2. The zero-order valence-corrected chi connectivity index (χ0v) is 59.7. The van der Waals surface area contributed by atoms with Crippen LogP contribution in [0.2, 0.25) is 0 Å². The molecule has 89 heavy (non-hydrogen) atoms. The quantitative estimate of drug-likeness (QED) is 0.0409. The molecule has 7 heterocycles. The third kappa shape index (κ3) is 23.0. The first-order chi connectivity index (χ1) is 41.8. The summed E-state index contributed by atoms with van der Waals surface area (Å²) in [5, 5.41) is 23.0. The Morgan fingerprint density at radius 1 is 0.596 bits per heavy atom. The van der Waals surface area contributed by atoms with Crippen LogP contribution in [0.3, 0.4) is 0 Å². The smallest absolute Gasteiger partial charge is 0.405 e. The Balaban J connectivity index is 0.000000275. The zero-order chi connectivity index (χ0) is 67.0. The first kappa shape index (κ1) is 76.7. The van der Waals surface area contributed by atoms with Gasteiger partial charge in [-0.1, -0.05) is 12.8 Å². The van der Waals surface area contributed by atoms with Crippen LogP contribution in [-0.2, 0) is 24.7 Å². The van der Waals surface area contributed by atoms with Crippen LogP contribution in [0.15, 0.2) is 96.2 Å². The summed E-state index contributed by atoms with van der Waals surface area (Å²) < 4.78 is 20.2. The maximum Gasteiger partial charge on any atom is 0.405 e. The largest absolute Gasteiger partial charge is 0.618 e. The van der Waals surface area contributed by atoms with E-state index >= 15 is 0 Å². The van der Waals surface area contributed by atoms with Crippen molar-refractivity contribution in [3.05, 3.63) is 186 Å². The number of carboxylic acids is 1. The Morgan fingerprint density at radius 2 is 1.04 bits per heavy atom. The molecular weight excluding hydrogens is 1550 g/mol. The lowest BCUT2D eigenvalue weighted by atomic mass is 9.89. The molecule has 1 spiro atoms. The van der Waals surface area contributed by atoms with Crippen LogP contribution in [0.5, 0.6) is 0 Å². The first-order valence-electron chi connectivity index (χ1n) is 27.6. The molecule has 2 amide bonds. The van der Waals surface area contributed by atoms with Crippen molar-refractivity contribution in [3.63, 3.8) is 0 Å². The summed E-state index contributed by atoms with van der Waals surface area (Å²) >= 11 is 19.0. The molecule has 2 fully saturated rings. The summed E-state index contributed by atoms with van der Waals surface area (Å²) in [7, 11) is 0. The van der Waals surface area contributed by atoms with E-state index in [1.54, 1.807) is 89.6 Å². The number of pyridine rings is 6. The molecule has 2 saturated carbocycles. The van der Waals surface area contributed by atoms with E-state index in [0.717, 1.165) is 71.4 Å². The number of esters is 3. The number of aromatic carboxylic acids is 1. The van der Waals surface area contributed by atoms with Crippen molar-refractivity contribution in [1.29, 1.82) is 0 Å². The summed E-state index contributed by atoms with van der Waals surface area (Å²) in [4.78, 5) is 125. The van der Waals surface area contributed by atoms with Crippen molar-refractivity contribution in [3.8, 4) is 0 Å². The van der Waals surface area contributed by atoms with Gasteiger partial charge in [0.25, 0.3) is 28.5 Å². The predicted octanol–water partition coefficient (Wildman–Crippen LogP) is 11.7. The van der Waals surface area contributed by atoms with Gasteiger partial charge >= 0.3 is 29.6 Å². The maximum atomic E-state index is 12.4. The van der Waals surface area contributed by atoms with Gasteiger partial charge in [0.05, 0.1) is 37.7 Å². The van der Waals surface area contributed by atoms with Crippen molar-refractivity contribution < 1.29 is 57.6 Å². The number of halogens is 6. The number of aryl methyl sites for hydroxylation is 6. The molecule has 1 aliphatic heterocycles. The fourth-order valence-corrected chi connectivity index (χ4v) is 11.7. The highest BCUT2D eigenvalue weighted by Gasteiger charge is 2.45.